The van der Waals surface area contributed by atoms with E-state index < -0.39 is 5.54 Å². The van der Waals surface area contributed by atoms with E-state index in [1.54, 1.807) is 19.1 Å². The number of aryl methyl sites for hydroxylation is 1. The minimum Gasteiger partial charge on any atom is -0.337 e. The van der Waals surface area contributed by atoms with E-state index >= 15 is 0 Å². The number of benzene rings is 1. The van der Waals surface area contributed by atoms with E-state index in [1.165, 1.54) is 6.07 Å². The molecule has 1 aromatic heterocycles. The van der Waals surface area contributed by atoms with Gasteiger partial charge in [0.05, 0.1) is 5.54 Å². The summed E-state index contributed by atoms with van der Waals surface area (Å²) in [5, 5.41) is 3.96. The number of halogens is 1. The highest BCUT2D eigenvalue weighted by atomic mass is 19.1. The molecule has 1 aliphatic carbocycles. The van der Waals surface area contributed by atoms with E-state index in [0.717, 1.165) is 31.2 Å². The topological polar surface area (TPSA) is 64.9 Å². The van der Waals surface area contributed by atoms with Gasteiger partial charge in [-0.3, -0.25) is 0 Å². The summed E-state index contributed by atoms with van der Waals surface area (Å²) in [6.45, 7) is 1.71. The summed E-state index contributed by atoms with van der Waals surface area (Å²) in [6, 6.07) is 4.77. The third-order valence-corrected chi connectivity index (χ3v) is 3.76. The molecule has 0 amide bonds. The predicted molar refractivity (Wildman–Crippen MR) is 68.8 cm³/mol. The van der Waals surface area contributed by atoms with E-state index in [1.807, 2.05) is 0 Å². The first-order valence-corrected chi connectivity index (χ1v) is 6.48. The van der Waals surface area contributed by atoms with Gasteiger partial charge in [-0.25, -0.2) is 4.39 Å². The van der Waals surface area contributed by atoms with Gasteiger partial charge in [0.2, 0.25) is 11.7 Å². The van der Waals surface area contributed by atoms with Crippen molar-refractivity contribution in [3.8, 4) is 11.4 Å². The number of rotatable bonds is 2. The average Bonchev–Trinajstić information content (AvgIpc) is 3.02. The van der Waals surface area contributed by atoms with Crippen LogP contribution in [0.3, 0.4) is 0 Å². The lowest BCUT2D eigenvalue weighted by atomic mass is 9.99. The highest BCUT2D eigenvalue weighted by Crippen LogP contribution is 2.36. The molecule has 0 atom stereocenters. The lowest BCUT2D eigenvalue weighted by Gasteiger charge is -2.17. The van der Waals surface area contributed by atoms with Crippen LogP contribution in [0.15, 0.2) is 22.7 Å². The van der Waals surface area contributed by atoms with Crippen LogP contribution in [-0.2, 0) is 5.54 Å². The van der Waals surface area contributed by atoms with Crippen molar-refractivity contribution in [2.45, 2.75) is 38.1 Å². The van der Waals surface area contributed by atoms with Crippen LogP contribution < -0.4 is 5.73 Å². The lowest BCUT2D eigenvalue weighted by Crippen LogP contribution is -2.33. The molecule has 19 heavy (non-hydrogen) atoms. The van der Waals surface area contributed by atoms with Crippen LogP contribution in [0, 0.1) is 12.7 Å². The Morgan fingerprint density at radius 1 is 1.32 bits per heavy atom. The molecule has 1 fully saturated rings. The highest BCUT2D eigenvalue weighted by molar-refractivity contribution is 5.55. The molecule has 1 aromatic carbocycles. The maximum Gasteiger partial charge on any atom is 0.247 e. The largest absolute Gasteiger partial charge is 0.337 e. The van der Waals surface area contributed by atoms with Gasteiger partial charge in [0, 0.05) is 5.56 Å². The van der Waals surface area contributed by atoms with Gasteiger partial charge >= 0.3 is 0 Å². The van der Waals surface area contributed by atoms with Crippen molar-refractivity contribution in [2.24, 2.45) is 5.73 Å². The lowest BCUT2D eigenvalue weighted by molar-refractivity contribution is 0.285. The van der Waals surface area contributed by atoms with Gasteiger partial charge in [0.1, 0.15) is 5.82 Å². The van der Waals surface area contributed by atoms with Crippen LogP contribution in [0.5, 0.6) is 0 Å². The van der Waals surface area contributed by atoms with Crippen molar-refractivity contribution >= 4 is 0 Å². The van der Waals surface area contributed by atoms with Gasteiger partial charge in [-0.2, -0.15) is 4.98 Å². The summed E-state index contributed by atoms with van der Waals surface area (Å²) in [5.41, 5.74) is 7.09. The molecule has 0 radical (unpaired) electrons. The molecule has 1 aliphatic rings. The standard InChI is InChI=1S/C14H16FN3O/c1-9-8-10(4-5-11(9)15)12-17-13(19-18-12)14(16)6-2-3-7-14/h4-5,8H,2-3,6-7,16H2,1H3. The normalized spacial score (nSPS) is 17.8. The number of hydrogen-bond acceptors (Lipinski definition) is 4. The maximum absolute atomic E-state index is 13.2. The van der Waals surface area contributed by atoms with Crippen molar-refractivity contribution in [2.75, 3.05) is 0 Å². The number of aromatic nitrogens is 2. The second kappa shape index (κ2) is 4.42. The van der Waals surface area contributed by atoms with E-state index in [4.69, 9.17) is 10.3 Å². The molecule has 3 rings (SSSR count). The Labute approximate surface area is 110 Å². The van der Waals surface area contributed by atoms with Gasteiger partial charge in [-0.1, -0.05) is 18.0 Å². The van der Waals surface area contributed by atoms with Gasteiger partial charge in [-0.15, -0.1) is 0 Å². The predicted octanol–water partition coefficient (Wildman–Crippen LogP) is 2.91. The van der Waals surface area contributed by atoms with E-state index in [0.29, 0.717) is 17.3 Å². The van der Waals surface area contributed by atoms with Gasteiger partial charge < -0.3 is 10.3 Å². The van der Waals surface area contributed by atoms with E-state index in [-0.39, 0.29) is 5.82 Å². The summed E-state index contributed by atoms with van der Waals surface area (Å²) in [7, 11) is 0. The zero-order chi connectivity index (χ0) is 13.5. The fraction of sp³-hybridized carbons (Fsp3) is 0.429. The SMILES string of the molecule is Cc1cc(-c2noc(C3(N)CCCC3)n2)ccc1F. The summed E-state index contributed by atoms with van der Waals surface area (Å²) < 4.78 is 18.5. The molecule has 0 spiro atoms. The summed E-state index contributed by atoms with van der Waals surface area (Å²) >= 11 is 0. The Balaban J connectivity index is 1.94. The van der Waals surface area contributed by atoms with Gasteiger partial charge in [-0.05, 0) is 43.5 Å². The van der Waals surface area contributed by atoms with Gasteiger partial charge in [0.15, 0.2) is 0 Å². The Morgan fingerprint density at radius 3 is 2.74 bits per heavy atom. The van der Waals surface area contributed by atoms with E-state index in [9.17, 15) is 4.39 Å². The van der Waals surface area contributed by atoms with Crippen LogP contribution in [0.25, 0.3) is 11.4 Å². The number of nitrogens with two attached hydrogens (primary N) is 1. The first-order chi connectivity index (χ1) is 9.08. The number of hydrogen-bond donors (Lipinski definition) is 1. The monoisotopic (exact) mass is 261 g/mol. The molecule has 0 saturated heterocycles. The Kier molecular flexibility index (Phi) is 2.86. The average molecular weight is 261 g/mol. The molecule has 0 bridgehead atoms. The molecular formula is C14H16FN3O. The molecule has 0 unspecified atom stereocenters. The zero-order valence-corrected chi connectivity index (χ0v) is 10.8. The van der Waals surface area contributed by atoms with Crippen molar-refractivity contribution in [3.05, 3.63) is 35.5 Å². The van der Waals surface area contributed by atoms with E-state index in [2.05, 4.69) is 10.1 Å². The Bertz CT molecular complexity index is 602. The third-order valence-electron chi connectivity index (χ3n) is 3.76. The fourth-order valence-corrected chi connectivity index (χ4v) is 2.55. The molecule has 0 aliphatic heterocycles. The third kappa shape index (κ3) is 2.14. The van der Waals surface area contributed by atoms with Crippen molar-refractivity contribution in [1.29, 1.82) is 0 Å². The number of nitrogens with zero attached hydrogens (tertiary/aromatic N) is 2. The van der Waals surface area contributed by atoms with Crippen LogP contribution in [0.2, 0.25) is 0 Å². The summed E-state index contributed by atoms with van der Waals surface area (Å²) in [4.78, 5) is 4.38. The van der Waals surface area contributed by atoms with Gasteiger partial charge in [0.25, 0.3) is 0 Å². The molecule has 4 nitrogen and oxygen atoms in total. The minimum absolute atomic E-state index is 0.237. The fourth-order valence-electron chi connectivity index (χ4n) is 2.55. The molecule has 5 heteroatoms. The molecule has 100 valence electrons. The van der Waals surface area contributed by atoms with Crippen LogP contribution in [0.1, 0.15) is 37.1 Å². The maximum atomic E-state index is 13.2. The molecule has 2 N–H and O–H groups in total. The molecular weight excluding hydrogens is 245 g/mol. The molecule has 2 aromatic rings. The molecule has 1 heterocycles. The highest BCUT2D eigenvalue weighted by Gasteiger charge is 2.36. The van der Waals surface area contributed by atoms with Crippen molar-refractivity contribution in [3.63, 3.8) is 0 Å². The van der Waals surface area contributed by atoms with Crippen LogP contribution in [0.4, 0.5) is 4.39 Å². The minimum atomic E-state index is -0.486. The molecule has 1 saturated carbocycles. The first kappa shape index (κ1) is 12.3. The first-order valence-electron chi connectivity index (χ1n) is 6.48. The second-order valence-electron chi connectivity index (χ2n) is 5.25. The zero-order valence-electron chi connectivity index (χ0n) is 10.8. The van der Waals surface area contributed by atoms with Crippen molar-refractivity contribution in [1.82, 2.24) is 10.1 Å². The second-order valence-corrected chi connectivity index (χ2v) is 5.25. The summed E-state index contributed by atoms with van der Waals surface area (Å²) in [5.74, 6) is 0.718. The van der Waals surface area contributed by atoms with Crippen molar-refractivity contribution < 1.29 is 8.91 Å². The quantitative estimate of drug-likeness (QED) is 0.902. The van der Waals surface area contributed by atoms with Crippen LogP contribution in [-0.4, -0.2) is 10.1 Å². The summed E-state index contributed by atoms with van der Waals surface area (Å²) in [6.07, 6.45) is 3.92. The smallest absolute Gasteiger partial charge is 0.247 e. The Morgan fingerprint density at radius 2 is 2.05 bits per heavy atom. The van der Waals surface area contributed by atoms with Crippen LogP contribution >= 0.6 is 0 Å². The Hall–Kier alpha value is -1.75.